The van der Waals surface area contributed by atoms with Gasteiger partial charge in [-0.1, -0.05) is 12.8 Å². The summed E-state index contributed by atoms with van der Waals surface area (Å²) in [5, 5.41) is 30.4. The van der Waals surface area contributed by atoms with Gasteiger partial charge in [0.2, 0.25) is 0 Å². The van der Waals surface area contributed by atoms with Crippen LogP contribution < -0.4 is 0 Å². The highest BCUT2D eigenvalue weighted by Gasteiger charge is 2.52. The van der Waals surface area contributed by atoms with Crippen LogP contribution >= 0.6 is 0 Å². The maximum absolute atomic E-state index is 11.2. The molecule has 0 aromatic rings. The van der Waals surface area contributed by atoms with Crippen molar-refractivity contribution in [2.75, 3.05) is 0 Å². The van der Waals surface area contributed by atoms with Crippen molar-refractivity contribution in [2.45, 2.75) is 57.2 Å². The van der Waals surface area contributed by atoms with Crippen LogP contribution in [0.25, 0.3) is 0 Å². The van der Waals surface area contributed by atoms with E-state index in [0.29, 0.717) is 12.8 Å². The Hall–Kier alpha value is -0.610. The normalized spacial score (nSPS) is 50.1. The van der Waals surface area contributed by atoms with E-state index >= 15 is 0 Å². The fourth-order valence-corrected chi connectivity index (χ4v) is 4.94. The molecule has 3 saturated carbocycles. The second-order valence-electron chi connectivity index (χ2n) is 6.77. The number of carbonyl (C=O) groups is 1. The minimum absolute atomic E-state index is 0.0100. The van der Waals surface area contributed by atoms with Gasteiger partial charge in [0.25, 0.3) is 0 Å². The number of aliphatic hydroxyl groups is 2. The first kappa shape index (κ1) is 13.4. The Morgan fingerprint density at radius 1 is 0.789 bits per heavy atom. The van der Waals surface area contributed by atoms with E-state index in [1.807, 2.05) is 0 Å². The van der Waals surface area contributed by atoms with E-state index in [2.05, 4.69) is 0 Å². The van der Waals surface area contributed by atoms with Gasteiger partial charge < -0.3 is 15.3 Å². The van der Waals surface area contributed by atoms with Crippen molar-refractivity contribution in [1.29, 1.82) is 0 Å². The minimum atomic E-state index is -0.745. The third-order valence-corrected chi connectivity index (χ3v) is 5.93. The topological polar surface area (TPSA) is 77.8 Å². The summed E-state index contributed by atoms with van der Waals surface area (Å²) in [7, 11) is 0. The van der Waals surface area contributed by atoms with Gasteiger partial charge in [-0.3, -0.25) is 4.79 Å². The second-order valence-corrected chi connectivity index (χ2v) is 6.77. The zero-order valence-electron chi connectivity index (χ0n) is 11.2. The fraction of sp³-hybridized carbons (Fsp3) is 0.933. The molecule has 0 amide bonds. The number of fused-ring (bicyclic) bond motifs is 2. The zero-order valence-corrected chi connectivity index (χ0v) is 11.2. The van der Waals surface area contributed by atoms with Crippen molar-refractivity contribution in [3.8, 4) is 0 Å². The summed E-state index contributed by atoms with van der Waals surface area (Å²) in [6.07, 6.45) is 5.51. The van der Waals surface area contributed by atoms with E-state index in [1.54, 1.807) is 0 Å². The summed E-state index contributed by atoms with van der Waals surface area (Å²) >= 11 is 0. The van der Waals surface area contributed by atoms with Crippen LogP contribution in [0.5, 0.6) is 0 Å². The van der Waals surface area contributed by atoms with E-state index in [9.17, 15) is 15.0 Å². The van der Waals surface area contributed by atoms with Crippen LogP contribution in [0.3, 0.4) is 0 Å². The molecule has 0 spiro atoms. The summed E-state index contributed by atoms with van der Waals surface area (Å²) in [6.45, 7) is 0. The van der Waals surface area contributed by atoms with Crippen LogP contribution in [0, 0.1) is 29.6 Å². The average Bonchev–Trinajstić information content (AvgIpc) is 2.44. The zero-order chi connectivity index (χ0) is 13.6. The van der Waals surface area contributed by atoms with Crippen LogP contribution in [0.4, 0.5) is 0 Å². The van der Waals surface area contributed by atoms with Gasteiger partial charge in [-0.2, -0.15) is 0 Å². The molecular weight excluding hydrogens is 244 g/mol. The lowest BCUT2D eigenvalue weighted by Gasteiger charge is -2.52. The molecule has 4 heteroatoms. The molecule has 0 heterocycles. The maximum atomic E-state index is 11.2. The Morgan fingerprint density at radius 2 is 1.32 bits per heavy atom. The van der Waals surface area contributed by atoms with Crippen molar-refractivity contribution in [2.24, 2.45) is 29.6 Å². The van der Waals surface area contributed by atoms with E-state index < -0.39 is 12.1 Å². The molecule has 3 aliphatic rings. The number of hydrogen-bond donors (Lipinski definition) is 3. The number of carboxylic acids is 1. The van der Waals surface area contributed by atoms with Crippen molar-refractivity contribution < 1.29 is 20.1 Å². The highest BCUT2D eigenvalue weighted by atomic mass is 16.4. The summed E-state index contributed by atoms with van der Waals surface area (Å²) in [4.78, 5) is 11.2. The van der Waals surface area contributed by atoms with E-state index in [-0.39, 0.29) is 35.7 Å². The SMILES string of the molecule is O=C(O)C1CCC2C(O)C3CCCCC3C(O)C2C1. The average molecular weight is 268 g/mol. The van der Waals surface area contributed by atoms with Gasteiger partial charge in [0.1, 0.15) is 0 Å². The molecule has 19 heavy (non-hydrogen) atoms. The number of aliphatic carboxylic acids is 1. The van der Waals surface area contributed by atoms with Gasteiger partial charge in [0.05, 0.1) is 18.1 Å². The van der Waals surface area contributed by atoms with E-state index in [4.69, 9.17) is 5.11 Å². The summed E-state index contributed by atoms with van der Waals surface area (Å²) in [5.74, 6) is -0.535. The standard InChI is InChI=1S/C15H24O4/c16-13-9-3-1-2-4-10(9)14(17)12-7-8(15(18)19)5-6-11(12)13/h8-14,16-17H,1-7H2,(H,18,19). The molecule has 7 unspecified atom stereocenters. The molecule has 4 nitrogen and oxygen atoms in total. The molecule has 0 saturated heterocycles. The minimum Gasteiger partial charge on any atom is -0.481 e. The molecule has 3 N–H and O–H groups in total. The molecule has 0 aromatic carbocycles. The van der Waals surface area contributed by atoms with Crippen molar-refractivity contribution >= 4 is 5.97 Å². The Labute approximate surface area is 113 Å². The summed E-state index contributed by atoms with van der Waals surface area (Å²) in [5.41, 5.74) is 0. The molecule has 3 fully saturated rings. The van der Waals surface area contributed by atoms with Gasteiger partial charge >= 0.3 is 5.97 Å². The Bertz CT molecular complexity index is 356. The molecule has 3 aliphatic carbocycles. The number of aliphatic hydroxyl groups excluding tert-OH is 2. The highest BCUT2D eigenvalue weighted by molar-refractivity contribution is 5.70. The van der Waals surface area contributed by atoms with Gasteiger partial charge in [0.15, 0.2) is 0 Å². The molecule has 7 atom stereocenters. The second kappa shape index (κ2) is 5.06. The van der Waals surface area contributed by atoms with Crippen LogP contribution in [0.1, 0.15) is 44.9 Å². The predicted molar refractivity (Wildman–Crippen MR) is 69.4 cm³/mol. The first-order chi connectivity index (χ1) is 9.09. The highest BCUT2D eigenvalue weighted by Crippen LogP contribution is 2.51. The van der Waals surface area contributed by atoms with Crippen LogP contribution in [0.2, 0.25) is 0 Å². The number of carboxylic acid groups (broad SMARTS) is 1. The largest absolute Gasteiger partial charge is 0.481 e. The fourth-order valence-electron chi connectivity index (χ4n) is 4.94. The van der Waals surface area contributed by atoms with Crippen LogP contribution in [-0.4, -0.2) is 33.5 Å². The van der Waals surface area contributed by atoms with E-state index in [0.717, 1.165) is 32.1 Å². The predicted octanol–water partition coefficient (Wildman–Crippen LogP) is 1.65. The van der Waals surface area contributed by atoms with E-state index in [1.165, 1.54) is 0 Å². The lowest BCUT2D eigenvalue weighted by atomic mass is 9.55. The maximum Gasteiger partial charge on any atom is 0.306 e. The molecule has 0 aromatic heterocycles. The first-order valence-electron chi connectivity index (χ1n) is 7.68. The molecule has 0 aliphatic heterocycles. The third-order valence-electron chi connectivity index (χ3n) is 5.93. The first-order valence-corrected chi connectivity index (χ1v) is 7.68. The van der Waals surface area contributed by atoms with Crippen molar-refractivity contribution in [3.05, 3.63) is 0 Å². The number of rotatable bonds is 1. The van der Waals surface area contributed by atoms with Crippen LogP contribution in [0.15, 0.2) is 0 Å². The molecular formula is C15H24O4. The Kier molecular flexibility index (Phi) is 3.56. The Balaban J connectivity index is 1.80. The number of hydrogen-bond acceptors (Lipinski definition) is 3. The molecule has 108 valence electrons. The Morgan fingerprint density at radius 3 is 1.89 bits per heavy atom. The van der Waals surface area contributed by atoms with Gasteiger partial charge in [0, 0.05) is 0 Å². The quantitative estimate of drug-likeness (QED) is 0.675. The summed E-state index contributed by atoms with van der Waals surface area (Å²) < 4.78 is 0. The lowest BCUT2D eigenvalue weighted by Crippen LogP contribution is -2.55. The lowest BCUT2D eigenvalue weighted by molar-refractivity contribution is -0.162. The van der Waals surface area contributed by atoms with Crippen molar-refractivity contribution in [1.82, 2.24) is 0 Å². The molecule has 0 bridgehead atoms. The van der Waals surface area contributed by atoms with Crippen LogP contribution in [-0.2, 0) is 4.79 Å². The molecule has 3 rings (SSSR count). The van der Waals surface area contributed by atoms with Gasteiger partial charge in [-0.05, 0) is 55.8 Å². The van der Waals surface area contributed by atoms with Crippen molar-refractivity contribution in [3.63, 3.8) is 0 Å². The molecule has 0 radical (unpaired) electrons. The monoisotopic (exact) mass is 268 g/mol. The third kappa shape index (κ3) is 2.19. The van der Waals surface area contributed by atoms with Gasteiger partial charge in [-0.15, -0.1) is 0 Å². The smallest absolute Gasteiger partial charge is 0.306 e. The van der Waals surface area contributed by atoms with Gasteiger partial charge in [-0.25, -0.2) is 0 Å². The summed E-state index contributed by atoms with van der Waals surface area (Å²) in [6, 6.07) is 0.